The first-order valence-corrected chi connectivity index (χ1v) is 7.67. The minimum Gasteiger partial charge on any atom is -0.379 e. The highest BCUT2D eigenvalue weighted by atomic mass is 16.5. The standard InChI is InChI=1S/C16H25N3O2/c1-3-17-12(2)13-6-8-14(9-7-13)18-16(20)19-15-5-4-10-21-11-15/h6-9,12,15,17H,3-5,10-11H2,1-2H3,(H2,18,19,20). The van der Waals surface area contributed by atoms with Crippen molar-refractivity contribution in [3.05, 3.63) is 29.8 Å². The zero-order chi connectivity index (χ0) is 15.1. The van der Waals surface area contributed by atoms with Crippen LogP contribution < -0.4 is 16.0 Å². The van der Waals surface area contributed by atoms with E-state index < -0.39 is 0 Å². The van der Waals surface area contributed by atoms with Crippen LogP contribution in [-0.2, 0) is 4.74 Å². The van der Waals surface area contributed by atoms with Crippen LogP contribution in [0.25, 0.3) is 0 Å². The SMILES string of the molecule is CCNC(C)c1ccc(NC(=O)NC2CCCOC2)cc1. The van der Waals surface area contributed by atoms with Gasteiger partial charge in [0, 0.05) is 18.3 Å². The lowest BCUT2D eigenvalue weighted by Crippen LogP contribution is -2.42. The van der Waals surface area contributed by atoms with Gasteiger partial charge >= 0.3 is 6.03 Å². The maximum atomic E-state index is 11.9. The molecule has 0 aliphatic carbocycles. The van der Waals surface area contributed by atoms with Crippen LogP contribution in [0, 0.1) is 0 Å². The molecule has 5 heteroatoms. The minimum atomic E-state index is -0.169. The van der Waals surface area contributed by atoms with E-state index in [1.807, 2.05) is 24.3 Å². The molecule has 2 amide bonds. The molecule has 1 aliphatic heterocycles. The predicted molar refractivity (Wildman–Crippen MR) is 84.5 cm³/mol. The topological polar surface area (TPSA) is 62.4 Å². The first kappa shape index (κ1) is 15.8. The lowest BCUT2D eigenvalue weighted by Gasteiger charge is -2.23. The van der Waals surface area contributed by atoms with E-state index in [2.05, 4.69) is 29.8 Å². The average Bonchev–Trinajstić information content (AvgIpc) is 2.49. The quantitative estimate of drug-likeness (QED) is 0.781. The van der Waals surface area contributed by atoms with Gasteiger partial charge in [-0.15, -0.1) is 0 Å². The normalized spacial score (nSPS) is 19.8. The smallest absolute Gasteiger partial charge is 0.319 e. The maximum absolute atomic E-state index is 11.9. The highest BCUT2D eigenvalue weighted by molar-refractivity contribution is 5.89. The molecule has 2 rings (SSSR count). The van der Waals surface area contributed by atoms with Gasteiger partial charge in [-0.2, -0.15) is 0 Å². The number of rotatable bonds is 5. The van der Waals surface area contributed by atoms with Crippen molar-refractivity contribution in [1.29, 1.82) is 0 Å². The molecule has 1 aliphatic rings. The molecular weight excluding hydrogens is 266 g/mol. The van der Waals surface area contributed by atoms with E-state index in [0.29, 0.717) is 12.6 Å². The van der Waals surface area contributed by atoms with Gasteiger partial charge in [-0.05, 0) is 44.0 Å². The average molecular weight is 291 g/mol. The second kappa shape index (κ2) is 8.00. The summed E-state index contributed by atoms with van der Waals surface area (Å²) >= 11 is 0. The summed E-state index contributed by atoms with van der Waals surface area (Å²) in [6, 6.07) is 8.20. The van der Waals surface area contributed by atoms with E-state index in [1.54, 1.807) is 0 Å². The Morgan fingerprint density at radius 3 is 2.76 bits per heavy atom. The van der Waals surface area contributed by atoms with Crippen molar-refractivity contribution in [1.82, 2.24) is 10.6 Å². The molecule has 0 bridgehead atoms. The van der Waals surface area contributed by atoms with Crippen molar-refractivity contribution in [3.8, 4) is 0 Å². The molecule has 0 aromatic heterocycles. The molecular formula is C16H25N3O2. The second-order valence-corrected chi connectivity index (χ2v) is 5.41. The second-order valence-electron chi connectivity index (χ2n) is 5.41. The molecule has 1 saturated heterocycles. The monoisotopic (exact) mass is 291 g/mol. The molecule has 2 unspecified atom stereocenters. The minimum absolute atomic E-state index is 0.117. The number of urea groups is 1. The molecule has 0 saturated carbocycles. The summed E-state index contributed by atoms with van der Waals surface area (Å²) in [5.41, 5.74) is 2.01. The Balaban J connectivity index is 1.83. The third kappa shape index (κ3) is 5.02. The van der Waals surface area contributed by atoms with Gasteiger partial charge in [0.2, 0.25) is 0 Å². The van der Waals surface area contributed by atoms with E-state index in [0.717, 1.165) is 31.7 Å². The van der Waals surface area contributed by atoms with Gasteiger partial charge in [0.1, 0.15) is 0 Å². The van der Waals surface area contributed by atoms with Crippen molar-refractivity contribution in [2.75, 3.05) is 25.1 Å². The van der Waals surface area contributed by atoms with Crippen molar-refractivity contribution in [2.45, 2.75) is 38.8 Å². The summed E-state index contributed by atoms with van der Waals surface area (Å²) in [6.45, 7) is 6.55. The molecule has 1 aromatic carbocycles. The maximum Gasteiger partial charge on any atom is 0.319 e. The summed E-state index contributed by atoms with van der Waals surface area (Å²) < 4.78 is 5.35. The van der Waals surface area contributed by atoms with Crippen LogP contribution >= 0.6 is 0 Å². The zero-order valence-electron chi connectivity index (χ0n) is 12.8. The van der Waals surface area contributed by atoms with E-state index in [9.17, 15) is 4.79 Å². The van der Waals surface area contributed by atoms with E-state index in [1.165, 1.54) is 5.56 Å². The molecule has 3 N–H and O–H groups in total. The van der Waals surface area contributed by atoms with Crippen molar-refractivity contribution < 1.29 is 9.53 Å². The van der Waals surface area contributed by atoms with Crippen molar-refractivity contribution >= 4 is 11.7 Å². The number of amides is 2. The Labute approximate surface area is 126 Å². The summed E-state index contributed by atoms with van der Waals surface area (Å²) in [5.74, 6) is 0. The molecule has 5 nitrogen and oxygen atoms in total. The Morgan fingerprint density at radius 1 is 1.38 bits per heavy atom. The van der Waals surface area contributed by atoms with Crippen LogP contribution in [0.4, 0.5) is 10.5 Å². The first-order chi connectivity index (χ1) is 10.2. The number of anilines is 1. The molecule has 21 heavy (non-hydrogen) atoms. The third-order valence-electron chi connectivity index (χ3n) is 3.67. The Bertz CT molecular complexity index is 441. The number of nitrogens with one attached hydrogen (secondary N) is 3. The Kier molecular flexibility index (Phi) is 6.02. The van der Waals surface area contributed by atoms with Crippen molar-refractivity contribution in [3.63, 3.8) is 0 Å². The van der Waals surface area contributed by atoms with Gasteiger partial charge in [-0.1, -0.05) is 19.1 Å². The van der Waals surface area contributed by atoms with Crippen LogP contribution in [0.5, 0.6) is 0 Å². The molecule has 0 spiro atoms. The van der Waals surface area contributed by atoms with E-state index in [4.69, 9.17) is 4.74 Å². The summed E-state index contributed by atoms with van der Waals surface area (Å²) in [4.78, 5) is 11.9. The molecule has 2 atom stereocenters. The summed E-state index contributed by atoms with van der Waals surface area (Å²) in [7, 11) is 0. The number of hydrogen-bond acceptors (Lipinski definition) is 3. The van der Waals surface area contributed by atoms with Crippen LogP contribution in [0.15, 0.2) is 24.3 Å². The van der Waals surface area contributed by atoms with Gasteiger partial charge in [0.05, 0.1) is 12.6 Å². The van der Waals surface area contributed by atoms with Gasteiger partial charge in [0.15, 0.2) is 0 Å². The Hall–Kier alpha value is -1.59. The largest absolute Gasteiger partial charge is 0.379 e. The first-order valence-electron chi connectivity index (χ1n) is 7.67. The molecule has 1 heterocycles. The zero-order valence-corrected chi connectivity index (χ0v) is 12.8. The fraction of sp³-hybridized carbons (Fsp3) is 0.562. The van der Waals surface area contributed by atoms with Crippen LogP contribution in [0.1, 0.15) is 38.3 Å². The van der Waals surface area contributed by atoms with Gasteiger partial charge in [-0.3, -0.25) is 0 Å². The third-order valence-corrected chi connectivity index (χ3v) is 3.67. The lowest BCUT2D eigenvalue weighted by molar-refractivity contribution is 0.0739. The van der Waals surface area contributed by atoms with Gasteiger partial charge in [0.25, 0.3) is 0 Å². The number of hydrogen-bond donors (Lipinski definition) is 3. The molecule has 1 fully saturated rings. The van der Waals surface area contributed by atoms with Crippen LogP contribution in [0.3, 0.4) is 0 Å². The highest BCUT2D eigenvalue weighted by Crippen LogP contribution is 2.16. The number of benzene rings is 1. The van der Waals surface area contributed by atoms with Gasteiger partial charge in [-0.25, -0.2) is 4.79 Å². The highest BCUT2D eigenvalue weighted by Gasteiger charge is 2.16. The lowest BCUT2D eigenvalue weighted by atomic mass is 10.1. The Morgan fingerprint density at radius 2 is 2.14 bits per heavy atom. The van der Waals surface area contributed by atoms with Gasteiger partial charge < -0.3 is 20.7 Å². The molecule has 116 valence electrons. The number of carbonyl (C=O) groups is 1. The van der Waals surface area contributed by atoms with E-state index in [-0.39, 0.29) is 12.1 Å². The summed E-state index contributed by atoms with van der Waals surface area (Å²) in [6.07, 6.45) is 1.98. The summed E-state index contributed by atoms with van der Waals surface area (Å²) in [5, 5.41) is 9.16. The van der Waals surface area contributed by atoms with Crippen LogP contribution in [0.2, 0.25) is 0 Å². The fourth-order valence-electron chi connectivity index (χ4n) is 2.49. The number of carbonyl (C=O) groups excluding carboxylic acids is 1. The van der Waals surface area contributed by atoms with E-state index >= 15 is 0 Å². The van der Waals surface area contributed by atoms with Crippen LogP contribution in [-0.4, -0.2) is 31.8 Å². The number of ether oxygens (including phenoxy) is 1. The fourth-order valence-corrected chi connectivity index (χ4v) is 2.49. The van der Waals surface area contributed by atoms with Crippen molar-refractivity contribution in [2.24, 2.45) is 0 Å². The molecule has 0 radical (unpaired) electrons. The molecule has 1 aromatic rings. The predicted octanol–water partition coefficient (Wildman–Crippen LogP) is 2.66.